The van der Waals surface area contributed by atoms with E-state index in [9.17, 15) is 14.0 Å². The second kappa shape index (κ2) is 8.60. The van der Waals surface area contributed by atoms with Gasteiger partial charge >= 0.3 is 0 Å². The van der Waals surface area contributed by atoms with Crippen LogP contribution in [0.3, 0.4) is 0 Å². The molecular weight excluding hydrogens is 345 g/mol. The van der Waals surface area contributed by atoms with Crippen molar-refractivity contribution < 1.29 is 14.0 Å². The summed E-state index contributed by atoms with van der Waals surface area (Å²) < 4.78 is 13.1. The summed E-state index contributed by atoms with van der Waals surface area (Å²) in [5.41, 5.74) is 1.09. The van der Waals surface area contributed by atoms with Crippen LogP contribution in [0.15, 0.2) is 48.5 Å². The van der Waals surface area contributed by atoms with Gasteiger partial charge in [-0.05, 0) is 44.3 Å². The van der Waals surface area contributed by atoms with E-state index in [0.717, 1.165) is 0 Å². The van der Waals surface area contributed by atoms with Crippen molar-refractivity contribution in [3.05, 3.63) is 59.4 Å². The van der Waals surface area contributed by atoms with Gasteiger partial charge in [0.1, 0.15) is 5.82 Å². The van der Waals surface area contributed by atoms with Crippen molar-refractivity contribution in [3.8, 4) is 0 Å². The molecule has 5 nitrogen and oxygen atoms in total. The minimum Gasteiger partial charge on any atom is -0.325 e. The van der Waals surface area contributed by atoms with Gasteiger partial charge in [0.15, 0.2) is 0 Å². The first kappa shape index (κ1) is 18.9. The van der Waals surface area contributed by atoms with Crippen LogP contribution >= 0.6 is 11.6 Å². The SMILES string of the molecule is CC(C(=O)Nc1ccc(F)c(Cl)c1)N(C)CC(=O)Nc1ccccc1. The minimum absolute atomic E-state index is 0.0493. The van der Waals surface area contributed by atoms with Crippen LogP contribution in [0.2, 0.25) is 5.02 Å². The third-order valence-electron chi connectivity index (χ3n) is 3.68. The summed E-state index contributed by atoms with van der Waals surface area (Å²) in [7, 11) is 1.67. The van der Waals surface area contributed by atoms with Crippen molar-refractivity contribution >= 4 is 34.8 Å². The molecule has 0 saturated heterocycles. The first-order valence-corrected chi connectivity index (χ1v) is 8.05. The number of anilines is 2. The first-order valence-electron chi connectivity index (χ1n) is 7.68. The molecule has 0 radical (unpaired) electrons. The van der Waals surface area contributed by atoms with Gasteiger partial charge in [0.05, 0.1) is 17.6 Å². The molecule has 2 aromatic carbocycles. The van der Waals surface area contributed by atoms with Crippen LogP contribution in [0, 0.1) is 5.82 Å². The molecule has 2 aromatic rings. The van der Waals surface area contributed by atoms with Gasteiger partial charge in [0.2, 0.25) is 11.8 Å². The molecule has 0 saturated carbocycles. The lowest BCUT2D eigenvalue weighted by Crippen LogP contribution is -2.43. The number of halogens is 2. The average Bonchev–Trinajstić information content (AvgIpc) is 2.58. The number of rotatable bonds is 6. The Morgan fingerprint density at radius 3 is 2.44 bits per heavy atom. The number of benzene rings is 2. The Morgan fingerprint density at radius 1 is 1.12 bits per heavy atom. The Hall–Kier alpha value is -2.44. The van der Waals surface area contributed by atoms with Gasteiger partial charge in [-0.1, -0.05) is 29.8 Å². The fraction of sp³-hybridized carbons (Fsp3) is 0.222. The summed E-state index contributed by atoms with van der Waals surface area (Å²) >= 11 is 5.70. The predicted molar refractivity (Wildman–Crippen MR) is 97.2 cm³/mol. The van der Waals surface area contributed by atoms with E-state index in [1.54, 1.807) is 31.0 Å². The Kier molecular flexibility index (Phi) is 6.50. The van der Waals surface area contributed by atoms with Crippen LogP contribution in [0.4, 0.5) is 15.8 Å². The molecule has 0 aliphatic carbocycles. The molecule has 2 rings (SSSR count). The molecule has 0 fully saturated rings. The van der Waals surface area contributed by atoms with Crippen molar-refractivity contribution in [2.75, 3.05) is 24.2 Å². The summed E-state index contributed by atoms with van der Waals surface area (Å²) in [5.74, 6) is -1.10. The molecule has 25 heavy (non-hydrogen) atoms. The average molecular weight is 364 g/mol. The number of carbonyl (C=O) groups is 2. The third kappa shape index (κ3) is 5.55. The van der Waals surface area contributed by atoms with Gasteiger partial charge in [-0.3, -0.25) is 14.5 Å². The molecule has 0 spiro atoms. The standard InChI is InChI=1S/C18H19ClFN3O2/c1-12(18(25)22-14-8-9-16(20)15(19)10-14)23(2)11-17(24)21-13-6-4-3-5-7-13/h3-10,12H,11H2,1-2H3,(H,21,24)(H,22,25). The molecule has 7 heteroatoms. The number of likely N-dealkylation sites (N-methyl/N-ethyl adjacent to an activating group) is 1. The molecule has 1 unspecified atom stereocenters. The summed E-state index contributed by atoms with van der Waals surface area (Å²) in [6, 6.07) is 12.4. The van der Waals surface area contributed by atoms with E-state index in [-0.39, 0.29) is 23.4 Å². The Bertz CT molecular complexity index is 755. The molecule has 0 aliphatic rings. The van der Waals surface area contributed by atoms with Crippen molar-refractivity contribution in [1.29, 1.82) is 0 Å². The van der Waals surface area contributed by atoms with Gasteiger partial charge in [-0.15, -0.1) is 0 Å². The highest BCUT2D eigenvalue weighted by molar-refractivity contribution is 6.31. The highest BCUT2D eigenvalue weighted by Gasteiger charge is 2.20. The van der Waals surface area contributed by atoms with Crippen molar-refractivity contribution in [1.82, 2.24) is 4.90 Å². The molecular formula is C18H19ClFN3O2. The largest absolute Gasteiger partial charge is 0.325 e. The van der Waals surface area contributed by atoms with Gasteiger partial charge in [-0.25, -0.2) is 4.39 Å². The zero-order valence-corrected chi connectivity index (χ0v) is 14.7. The summed E-state index contributed by atoms with van der Waals surface area (Å²) in [4.78, 5) is 25.9. The Labute approximate surface area is 150 Å². The Balaban J connectivity index is 1.89. The predicted octanol–water partition coefficient (Wildman–Crippen LogP) is 3.38. The highest BCUT2D eigenvalue weighted by atomic mass is 35.5. The number of nitrogens with zero attached hydrogens (tertiary/aromatic N) is 1. The van der Waals surface area contributed by atoms with E-state index in [0.29, 0.717) is 11.4 Å². The van der Waals surface area contributed by atoms with Crippen LogP contribution in [-0.2, 0) is 9.59 Å². The first-order chi connectivity index (χ1) is 11.9. The van der Waals surface area contributed by atoms with Gasteiger partial charge in [-0.2, -0.15) is 0 Å². The van der Waals surface area contributed by atoms with Gasteiger partial charge in [0, 0.05) is 11.4 Å². The zero-order chi connectivity index (χ0) is 18.4. The lowest BCUT2D eigenvalue weighted by Gasteiger charge is -2.23. The second-order valence-electron chi connectivity index (χ2n) is 5.62. The Morgan fingerprint density at radius 2 is 1.80 bits per heavy atom. The molecule has 2 amide bonds. The van der Waals surface area contributed by atoms with E-state index in [1.807, 2.05) is 18.2 Å². The minimum atomic E-state index is -0.564. The molecule has 2 N–H and O–H groups in total. The van der Waals surface area contributed by atoms with Crippen molar-refractivity contribution in [2.24, 2.45) is 0 Å². The van der Waals surface area contributed by atoms with Crippen LogP contribution in [-0.4, -0.2) is 36.3 Å². The van der Waals surface area contributed by atoms with E-state index in [1.165, 1.54) is 18.2 Å². The quantitative estimate of drug-likeness (QED) is 0.827. The molecule has 0 bridgehead atoms. The lowest BCUT2D eigenvalue weighted by molar-refractivity contribution is -0.122. The fourth-order valence-corrected chi connectivity index (χ4v) is 2.29. The van der Waals surface area contributed by atoms with Crippen LogP contribution in [0.25, 0.3) is 0 Å². The summed E-state index contributed by atoms with van der Waals surface area (Å²) in [6.07, 6.45) is 0. The second-order valence-corrected chi connectivity index (χ2v) is 6.03. The van der Waals surface area contributed by atoms with Crippen LogP contribution in [0.5, 0.6) is 0 Å². The topological polar surface area (TPSA) is 61.4 Å². The van der Waals surface area contributed by atoms with E-state index in [4.69, 9.17) is 11.6 Å². The lowest BCUT2D eigenvalue weighted by atomic mass is 10.2. The number of nitrogens with one attached hydrogen (secondary N) is 2. The normalized spacial score (nSPS) is 11.9. The number of amides is 2. The maximum atomic E-state index is 13.1. The van der Waals surface area contributed by atoms with E-state index >= 15 is 0 Å². The maximum absolute atomic E-state index is 13.1. The monoisotopic (exact) mass is 363 g/mol. The molecule has 132 valence electrons. The number of para-hydroxylation sites is 1. The number of carbonyl (C=O) groups excluding carboxylic acids is 2. The summed E-state index contributed by atoms with van der Waals surface area (Å²) in [5, 5.41) is 5.34. The van der Waals surface area contributed by atoms with Gasteiger partial charge in [0.25, 0.3) is 0 Å². The van der Waals surface area contributed by atoms with Crippen LogP contribution in [0.1, 0.15) is 6.92 Å². The number of hydrogen-bond acceptors (Lipinski definition) is 3. The van der Waals surface area contributed by atoms with E-state index in [2.05, 4.69) is 10.6 Å². The maximum Gasteiger partial charge on any atom is 0.241 e. The fourth-order valence-electron chi connectivity index (χ4n) is 2.11. The van der Waals surface area contributed by atoms with Crippen molar-refractivity contribution in [3.63, 3.8) is 0 Å². The summed E-state index contributed by atoms with van der Waals surface area (Å²) in [6.45, 7) is 1.73. The molecule has 0 heterocycles. The van der Waals surface area contributed by atoms with Crippen molar-refractivity contribution in [2.45, 2.75) is 13.0 Å². The smallest absolute Gasteiger partial charge is 0.241 e. The molecule has 0 aliphatic heterocycles. The van der Waals surface area contributed by atoms with Gasteiger partial charge < -0.3 is 10.6 Å². The van der Waals surface area contributed by atoms with Crippen LogP contribution < -0.4 is 10.6 Å². The third-order valence-corrected chi connectivity index (χ3v) is 3.97. The van der Waals surface area contributed by atoms with E-state index < -0.39 is 11.9 Å². The number of hydrogen-bond donors (Lipinski definition) is 2. The zero-order valence-electron chi connectivity index (χ0n) is 13.9. The highest BCUT2D eigenvalue weighted by Crippen LogP contribution is 2.19. The molecule has 1 atom stereocenters. The molecule has 0 aromatic heterocycles.